The molecule has 5 heteroatoms. The second-order valence-corrected chi connectivity index (χ2v) is 7.55. The number of benzene rings is 1. The third-order valence-corrected chi connectivity index (χ3v) is 5.80. The van der Waals surface area contributed by atoms with Gasteiger partial charge in [-0.3, -0.25) is 0 Å². The van der Waals surface area contributed by atoms with Gasteiger partial charge in [0.05, 0.1) is 12.2 Å². The molecule has 0 N–H and O–H groups in total. The van der Waals surface area contributed by atoms with Crippen molar-refractivity contribution in [3.63, 3.8) is 0 Å². The number of hydrogen-bond donors (Lipinski definition) is 0. The van der Waals surface area contributed by atoms with Gasteiger partial charge in [-0.05, 0) is 61.6 Å². The summed E-state index contributed by atoms with van der Waals surface area (Å²) in [5, 5.41) is 0. The first-order valence-electron chi connectivity index (χ1n) is 10.3. The van der Waals surface area contributed by atoms with Crippen molar-refractivity contribution in [1.29, 1.82) is 0 Å². The highest BCUT2D eigenvalue weighted by Crippen LogP contribution is 2.33. The van der Waals surface area contributed by atoms with E-state index in [-0.39, 0.29) is 5.97 Å². The first kappa shape index (κ1) is 18.7. The lowest BCUT2D eigenvalue weighted by molar-refractivity contribution is 0.0525. The summed E-state index contributed by atoms with van der Waals surface area (Å²) in [6.45, 7) is 4.09. The van der Waals surface area contributed by atoms with E-state index in [2.05, 4.69) is 45.2 Å². The number of aromatic nitrogens is 2. The van der Waals surface area contributed by atoms with Gasteiger partial charge in [0.2, 0.25) is 5.95 Å². The van der Waals surface area contributed by atoms with Gasteiger partial charge in [0.1, 0.15) is 0 Å². The van der Waals surface area contributed by atoms with Crippen LogP contribution in [-0.2, 0) is 11.2 Å². The highest BCUT2D eigenvalue weighted by molar-refractivity contribution is 5.88. The summed E-state index contributed by atoms with van der Waals surface area (Å²) in [6.07, 6.45) is 11.4. The normalized spacial score (nSPS) is 16.6. The average Bonchev–Trinajstić information content (AvgIpc) is 3.16. The number of ether oxygens (including phenoxy) is 1. The molecule has 146 valence electrons. The second-order valence-electron chi connectivity index (χ2n) is 7.55. The zero-order valence-corrected chi connectivity index (χ0v) is 16.4. The zero-order valence-electron chi connectivity index (χ0n) is 16.4. The second kappa shape index (κ2) is 8.55. The first-order valence-corrected chi connectivity index (χ1v) is 10.3. The van der Waals surface area contributed by atoms with E-state index in [0.717, 1.165) is 38.3 Å². The standard InChI is InChI=1S/C23H27N3O2/c1-2-28-22(27)20-15-24-23(25-16-20)26-13-11-17(12-14-26)7-8-19-10-9-18-5-3-4-6-21(18)19/h3-6,10,15-17H,2,7-9,11-14H2,1H3. The maximum absolute atomic E-state index is 11.7. The molecule has 5 nitrogen and oxygen atoms in total. The molecule has 1 aromatic carbocycles. The lowest BCUT2D eigenvalue weighted by Gasteiger charge is -2.32. The summed E-state index contributed by atoms with van der Waals surface area (Å²) in [7, 11) is 0. The van der Waals surface area contributed by atoms with Gasteiger partial charge in [-0.25, -0.2) is 14.8 Å². The van der Waals surface area contributed by atoms with Gasteiger partial charge in [-0.15, -0.1) is 0 Å². The topological polar surface area (TPSA) is 55.3 Å². The molecular weight excluding hydrogens is 350 g/mol. The molecule has 0 bridgehead atoms. The Morgan fingerprint density at radius 1 is 1.18 bits per heavy atom. The number of esters is 1. The van der Waals surface area contributed by atoms with E-state index in [4.69, 9.17) is 4.74 Å². The summed E-state index contributed by atoms with van der Waals surface area (Å²) in [6, 6.07) is 8.77. The van der Waals surface area contributed by atoms with E-state index in [1.807, 2.05) is 0 Å². The molecule has 1 aliphatic heterocycles. The Balaban J connectivity index is 1.26. The number of carbonyl (C=O) groups is 1. The van der Waals surface area contributed by atoms with E-state index in [1.165, 1.54) is 29.5 Å². The van der Waals surface area contributed by atoms with Crippen molar-refractivity contribution in [1.82, 2.24) is 9.97 Å². The molecular formula is C23H27N3O2. The van der Waals surface area contributed by atoms with Crippen LogP contribution in [0, 0.1) is 5.92 Å². The number of rotatable bonds is 6. The minimum atomic E-state index is -0.365. The van der Waals surface area contributed by atoms with Crippen molar-refractivity contribution in [2.45, 2.75) is 39.0 Å². The molecule has 28 heavy (non-hydrogen) atoms. The van der Waals surface area contributed by atoms with Crippen molar-refractivity contribution in [2.75, 3.05) is 24.6 Å². The van der Waals surface area contributed by atoms with Crippen LogP contribution < -0.4 is 4.90 Å². The maximum Gasteiger partial charge on any atom is 0.341 e. The van der Waals surface area contributed by atoms with Gasteiger partial charge < -0.3 is 9.64 Å². The Kier molecular flexibility index (Phi) is 5.70. The molecule has 1 aliphatic carbocycles. The van der Waals surface area contributed by atoms with Gasteiger partial charge in [0, 0.05) is 25.5 Å². The molecule has 1 fully saturated rings. The lowest BCUT2D eigenvalue weighted by Crippen LogP contribution is -2.34. The molecule has 0 amide bonds. The van der Waals surface area contributed by atoms with Crippen molar-refractivity contribution < 1.29 is 9.53 Å². The fourth-order valence-corrected chi connectivity index (χ4v) is 4.18. The van der Waals surface area contributed by atoms with Crippen LogP contribution in [-0.4, -0.2) is 35.6 Å². The van der Waals surface area contributed by atoms with Crippen LogP contribution in [0.15, 0.2) is 42.7 Å². The summed E-state index contributed by atoms with van der Waals surface area (Å²) in [5.74, 6) is 1.10. The molecule has 0 saturated carbocycles. The highest BCUT2D eigenvalue weighted by Gasteiger charge is 2.22. The largest absolute Gasteiger partial charge is 0.462 e. The molecule has 0 unspecified atom stereocenters. The molecule has 1 aromatic heterocycles. The van der Waals surface area contributed by atoms with Crippen LogP contribution >= 0.6 is 0 Å². The number of fused-ring (bicyclic) bond motifs is 1. The number of nitrogens with zero attached hydrogens (tertiary/aromatic N) is 3. The first-order chi connectivity index (χ1) is 13.7. The Hall–Kier alpha value is -2.69. The smallest absolute Gasteiger partial charge is 0.341 e. The Morgan fingerprint density at radius 3 is 2.68 bits per heavy atom. The van der Waals surface area contributed by atoms with Crippen molar-refractivity contribution in [3.05, 3.63) is 59.4 Å². The van der Waals surface area contributed by atoms with Crippen LogP contribution in [0.1, 0.15) is 54.1 Å². The SMILES string of the molecule is CCOC(=O)c1cnc(N2CCC(CCC3=CCc4ccccc43)CC2)nc1. The molecule has 1 saturated heterocycles. The van der Waals surface area contributed by atoms with Crippen LogP contribution in [0.3, 0.4) is 0 Å². The van der Waals surface area contributed by atoms with Gasteiger partial charge >= 0.3 is 5.97 Å². The average molecular weight is 377 g/mol. The molecule has 0 radical (unpaired) electrons. The molecule has 2 aliphatic rings. The van der Waals surface area contributed by atoms with Crippen LogP contribution in [0.4, 0.5) is 5.95 Å². The predicted octanol–water partition coefficient (Wildman–Crippen LogP) is 4.29. The van der Waals surface area contributed by atoms with E-state index in [1.54, 1.807) is 19.3 Å². The molecule has 4 rings (SSSR count). The van der Waals surface area contributed by atoms with Gasteiger partial charge in [-0.1, -0.05) is 30.3 Å². The van der Waals surface area contributed by atoms with Crippen molar-refractivity contribution in [2.24, 2.45) is 5.92 Å². The number of anilines is 1. The number of carbonyl (C=O) groups excluding carboxylic acids is 1. The summed E-state index contributed by atoms with van der Waals surface area (Å²) in [5.41, 5.74) is 4.85. The van der Waals surface area contributed by atoms with Crippen molar-refractivity contribution >= 4 is 17.5 Å². The highest BCUT2D eigenvalue weighted by atomic mass is 16.5. The van der Waals surface area contributed by atoms with E-state index < -0.39 is 0 Å². The molecule has 0 atom stereocenters. The number of piperidine rings is 1. The minimum Gasteiger partial charge on any atom is -0.462 e. The number of allylic oxidation sites excluding steroid dienone is 2. The fourth-order valence-electron chi connectivity index (χ4n) is 4.18. The van der Waals surface area contributed by atoms with Gasteiger partial charge in [0.15, 0.2) is 0 Å². The third-order valence-electron chi connectivity index (χ3n) is 5.80. The Morgan fingerprint density at radius 2 is 1.93 bits per heavy atom. The Bertz CT molecular complexity index is 852. The van der Waals surface area contributed by atoms with Crippen molar-refractivity contribution in [3.8, 4) is 0 Å². The van der Waals surface area contributed by atoms with E-state index >= 15 is 0 Å². The van der Waals surface area contributed by atoms with E-state index in [0.29, 0.717) is 18.1 Å². The van der Waals surface area contributed by atoms with Crippen LogP contribution in [0.2, 0.25) is 0 Å². The zero-order chi connectivity index (χ0) is 19.3. The maximum atomic E-state index is 11.7. The molecule has 2 heterocycles. The van der Waals surface area contributed by atoms with Crippen LogP contribution in [0.25, 0.3) is 5.57 Å². The molecule has 2 aromatic rings. The predicted molar refractivity (Wildman–Crippen MR) is 110 cm³/mol. The lowest BCUT2D eigenvalue weighted by atomic mass is 9.89. The quantitative estimate of drug-likeness (QED) is 0.703. The summed E-state index contributed by atoms with van der Waals surface area (Å²) < 4.78 is 4.98. The van der Waals surface area contributed by atoms with Crippen LogP contribution in [0.5, 0.6) is 0 Å². The fraction of sp³-hybridized carbons (Fsp3) is 0.435. The monoisotopic (exact) mass is 377 g/mol. The van der Waals surface area contributed by atoms with Gasteiger partial charge in [-0.2, -0.15) is 0 Å². The Labute approximate surface area is 166 Å². The molecule has 0 spiro atoms. The van der Waals surface area contributed by atoms with E-state index in [9.17, 15) is 4.79 Å². The minimum absolute atomic E-state index is 0.358. The third kappa shape index (κ3) is 4.08. The number of hydrogen-bond acceptors (Lipinski definition) is 5. The summed E-state index contributed by atoms with van der Waals surface area (Å²) in [4.78, 5) is 22.7. The van der Waals surface area contributed by atoms with Gasteiger partial charge in [0.25, 0.3) is 0 Å². The summed E-state index contributed by atoms with van der Waals surface area (Å²) >= 11 is 0.